The smallest absolute Gasteiger partial charge is 0.244 e. The maximum absolute atomic E-state index is 12.8. The number of para-hydroxylation sites is 1. The van der Waals surface area contributed by atoms with Crippen LogP contribution in [-0.4, -0.2) is 18.2 Å². The van der Waals surface area contributed by atoms with E-state index in [0.29, 0.717) is 17.9 Å². The van der Waals surface area contributed by atoms with Gasteiger partial charge in [-0.25, -0.2) is 5.43 Å². The van der Waals surface area contributed by atoms with Crippen molar-refractivity contribution in [2.45, 2.75) is 39.0 Å². The average molecular weight is 432 g/mol. The Balaban J connectivity index is 0.00000306. The highest BCUT2D eigenvalue weighted by Gasteiger charge is 2.57. The van der Waals surface area contributed by atoms with E-state index in [1.165, 1.54) is 0 Å². The van der Waals surface area contributed by atoms with Gasteiger partial charge in [-0.3, -0.25) is 15.6 Å². The molecule has 2 aliphatic carbocycles. The Morgan fingerprint density at radius 3 is 2.75 bits per heavy atom. The quantitative estimate of drug-likeness (QED) is 0.204. The second-order valence-electron chi connectivity index (χ2n) is 8.52. The number of benzene rings is 2. The maximum atomic E-state index is 12.8. The lowest BCUT2D eigenvalue weighted by Gasteiger charge is -2.14. The number of allylic oxidation sites excluding steroid dienone is 2. The number of carbonyl (C=O) groups excluding carboxylic acids is 1. The van der Waals surface area contributed by atoms with Gasteiger partial charge in [-0.2, -0.15) is 0 Å². The molecule has 168 valence electrons. The van der Waals surface area contributed by atoms with Crippen molar-refractivity contribution in [1.29, 1.82) is 5.41 Å². The van der Waals surface area contributed by atoms with Crippen LogP contribution in [0.1, 0.15) is 51.6 Å². The number of amides is 1. The fourth-order valence-corrected chi connectivity index (χ4v) is 4.18. The molecule has 2 aliphatic rings. The van der Waals surface area contributed by atoms with E-state index in [4.69, 9.17) is 10.1 Å². The third-order valence-corrected chi connectivity index (χ3v) is 6.17. The van der Waals surface area contributed by atoms with Crippen LogP contribution >= 0.6 is 0 Å². The van der Waals surface area contributed by atoms with Gasteiger partial charge in [0, 0.05) is 25.5 Å². The van der Waals surface area contributed by atoms with Crippen molar-refractivity contribution >= 4 is 11.6 Å². The summed E-state index contributed by atoms with van der Waals surface area (Å²) >= 11 is 0. The monoisotopic (exact) mass is 431 g/mol. The molecule has 5 nitrogen and oxygen atoms in total. The number of fused-ring (bicyclic) bond motifs is 1. The molecule has 0 radical (unpaired) electrons. The summed E-state index contributed by atoms with van der Waals surface area (Å²) < 4.78 is 6.28. The van der Waals surface area contributed by atoms with E-state index in [9.17, 15) is 4.79 Å². The van der Waals surface area contributed by atoms with Gasteiger partial charge in [0.1, 0.15) is 11.5 Å². The summed E-state index contributed by atoms with van der Waals surface area (Å²) in [5.41, 5.74) is 7.52. The molecular formula is C27H33N3O2. The lowest BCUT2D eigenvalue weighted by atomic mass is 10.0. The largest absolute Gasteiger partial charge is 0.461 e. The van der Waals surface area contributed by atoms with Gasteiger partial charge in [0.15, 0.2) is 0 Å². The normalized spacial score (nSPS) is 21.2. The van der Waals surface area contributed by atoms with Crippen LogP contribution in [0, 0.1) is 16.7 Å². The Bertz CT molecular complexity index is 1030. The van der Waals surface area contributed by atoms with Crippen LogP contribution < -0.4 is 15.6 Å². The molecule has 32 heavy (non-hydrogen) atoms. The summed E-state index contributed by atoms with van der Waals surface area (Å²) in [5.74, 6) is 1.65. The summed E-state index contributed by atoms with van der Waals surface area (Å²) in [7, 11) is 0. The number of hydrogen-bond donors (Lipinski definition) is 3. The molecule has 1 saturated carbocycles. The highest BCUT2D eigenvalue weighted by molar-refractivity contribution is 6.12. The van der Waals surface area contributed by atoms with Crippen LogP contribution in [0.4, 0.5) is 0 Å². The topological polar surface area (TPSA) is 74.2 Å². The van der Waals surface area contributed by atoms with Crippen molar-refractivity contribution in [2.24, 2.45) is 11.3 Å². The van der Waals surface area contributed by atoms with Crippen molar-refractivity contribution < 1.29 is 11.0 Å². The number of rotatable bonds is 10. The van der Waals surface area contributed by atoms with Gasteiger partial charge in [-0.05, 0) is 37.0 Å². The first-order chi connectivity index (χ1) is 15.6. The molecule has 0 aromatic heterocycles. The lowest BCUT2D eigenvalue weighted by Crippen LogP contribution is -2.42. The number of hydrazine groups is 1. The van der Waals surface area contributed by atoms with Crippen LogP contribution in [-0.2, 0) is 4.79 Å². The van der Waals surface area contributed by atoms with Crippen LogP contribution in [0.15, 0.2) is 78.6 Å². The first kappa shape index (κ1) is 22.0. The van der Waals surface area contributed by atoms with Crippen LogP contribution in [0.2, 0.25) is 0 Å². The fourth-order valence-electron chi connectivity index (χ4n) is 4.18. The summed E-state index contributed by atoms with van der Waals surface area (Å²) in [6.07, 6.45) is 10.9. The molecule has 0 aliphatic heterocycles. The predicted molar refractivity (Wildman–Crippen MR) is 130 cm³/mol. The third-order valence-electron chi connectivity index (χ3n) is 6.17. The molecule has 0 spiro atoms. The summed E-state index contributed by atoms with van der Waals surface area (Å²) in [6.45, 7) is 2.95. The lowest BCUT2D eigenvalue weighted by molar-refractivity contribution is -0.126. The zero-order valence-electron chi connectivity index (χ0n) is 18.6. The number of nitrogens with one attached hydrogen (secondary N) is 3. The molecule has 2 aromatic rings. The minimum atomic E-state index is -0.473. The highest BCUT2D eigenvalue weighted by Crippen LogP contribution is 2.56. The van der Waals surface area contributed by atoms with Gasteiger partial charge in [0.05, 0.1) is 11.1 Å². The molecule has 0 bridgehead atoms. The average Bonchev–Trinajstić information content (AvgIpc) is 3.54. The Hall–Kier alpha value is -3.18. The summed E-state index contributed by atoms with van der Waals surface area (Å²) in [5, 5.41) is 8.64. The Labute approximate surface area is 191 Å². The van der Waals surface area contributed by atoms with Crippen molar-refractivity contribution in [3.63, 3.8) is 0 Å². The van der Waals surface area contributed by atoms with Gasteiger partial charge < -0.3 is 4.74 Å². The van der Waals surface area contributed by atoms with Crippen molar-refractivity contribution in [3.05, 3.63) is 89.7 Å². The SMILES string of the molecule is CCCCCNNC(=O)C12C=CCC(Oc3ccccc3C(=N)c3ccccc3)=CC1C2.[HH]. The van der Waals surface area contributed by atoms with Gasteiger partial charge in [-0.15, -0.1) is 0 Å². The predicted octanol–water partition coefficient (Wildman–Crippen LogP) is 5.39. The molecule has 2 unspecified atom stereocenters. The van der Waals surface area contributed by atoms with Gasteiger partial charge >= 0.3 is 0 Å². The summed E-state index contributed by atoms with van der Waals surface area (Å²) in [4.78, 5) is 12.8. The molecular weight excluding hydrogens is 398 g/mol. The molecule has 1 fully saturated rings. The van der Waals surface area contributed by atoms with E-state index >= 15 is 0 Å². The van der Waals surface area contributed by atoms with Crippen molar-refractivity contribution in [1.82, 2.24) is 10.9 Å². The molecule has 5 heteroatoms. The van der Waals surface area contributed by atoms with Crippen molar-refractivity contribution in [2.75, 3.05) is 6.54 Å². The van der Waals surface area contributed by atoms with Crippen LogP contribution in [0.5, 0.6) is 5.75 Å². The Kier molecular flexibility index (Phi) is 6.86. The third kappa shape index (κ3) is 4.83. The van der Waals surface area contributed by atoms with Gasteiger partial charge in [0.2, 0.25) is 5.91 Å². The van der Waals surface area contributed by atoms with Gasteiger partial charge in [0.25, 0.3) is 0 Å². The van der Waals surface area contributed by atoms with E-state index in [1.807, 2.05) is 66.7 Å². The second-order valence-corrected chi connectivity index (χ2v) is 8.52. The molecule has 0 heterocycles. The van der Waals surface area contributed by atoms with E-state index in [2.05, 4.69) is 23.9 Å². The van der Waals surface area contributed by atoms with Crippen molar-refractivity contribution in [3.8, 4) is 5.75 Å². The minimum Gasteiger partial charge on any atom is -0.461 e. The van der Waals surface area contributed by atoms with Gasteiger partial charge in [-0.1, -0.05) is 74.4 Å². The maximum Gasteiger partial charge on any atom is 0.244 e. The van der Waals surface area contributed by atoms with E-state index in [-0.39, 0.29) is 13.3 Å². The first-order valence-electron chi connectivity index (χ1n) is 11.5. The van der Waals surface area contributed by atoms with E-state index in [1.54, 1.807) is 0 Å². The fraction of sp³-hybridized carbons (Fsp3) is 0.333. The first-order valence-corrected chi connectivity index (χ1v) is 11.5. The molecule has 3 N–H and O–H groups in total. The molecule has 4 rings (SSSR count). The standard InChI is InChI=1S/C27H31N3O2.H2/c1-2-3-9-17-29-30-26(31)27-16-10-13-22(18-21(27)19-27)32-24-15-8-7-14-23(24)25(28)20-11-5-4-6-12-20;/h4-8,10-12,14-16,18,21,28-29H,2-3,9,13,17,19H2,1H3,(H,30,31);1H. The number of carbonyl (C=O) groups is 1. The van der Waals surface area contributed by atoms with E-state index in [0.717, 1.165) is 49.1 Å². The molecule has 2 atom stereocenters. The van der Waals surface area contributed by atoms with E-state index < -0.39 is 5.41 Å². The second kappa shape index (κ2) is 9.96. The Morgan fingerprint density at radius 2 is 1.94 bits per heavy atom. The number of ether oxygens (including phenoxy) is 1. The zero-order valence-corrected chi connectivity index (χ0v) is 18.6. The van der Waals surface area contributed by atoms with Crippen LogP contribution in [0.25, 0.3) is 0 Å². The Morgan fingerprint density at radius 1 is 1.16 bits per heavy atom. The van der Waals surface area contributed by atoms with Crippen LogP contribution in [0.3, 0.4) is 0 Å². The number of unbranched alkanes of at least 4 members (excludes halogenated alkanes) is 2. The summed E-state index contributed by atoms with van der Waals surface area (Å²) in [6, 6.07) is 17.3. The molecule has 1 amide bonds. The molecule has 0 saturated heterocycles. The minimum absolute atomic E-state index is 0. The zero-order chi connectivity index (χ0) is 22.4. The molecule has 2 aromatic carbocycles. The highest BCUT2D eigenvalue weighted by atomic mass is 16.5. The number of hydrogen-bond acceptors (Lipinski definition) is 4.